The number of nitrogens with two attached hydrogens (primary N) is 1. The van der Waals surface area contributed by atoms with Gasteiger partial charge in [0, 0.05) is 36.9 Å². The normalized spacial score (nSPS) is 18.6. The molecule has 1 fully saturated rings. The van der Waals surface area contributed by atoms with Crippen molar-refractivity contribution in [3.05, 3.63) is 29.3 Å². The van der Waals surface area contributed by atoms with Crippen LogP contribution in [0.4, 0.5) is 5.69 Å². The number of piperazine rings is 1. The number of hydrogen-bond acceptors (Lipinski definition) is 3. The van der Waals surface area contributed by atoms with Crippen molar-refractivity contribution in [1.82, 2.24) is 5.01 Å². The second kappa shape index (κ2) is 4.17. The van der Waals surface area contributed by atoms with Gasteiger partial charge in [0.15, 0.2) is 0 Å². The van der Waals surface area contributed by atoms with E-state index in [1.165, 1.54) is 5.69 Å². The molecule has 4 heteroatoms. The first-order chi connectivity index (χ1) is 6.75. The summed E-state index contributed by atoms with van der Waals surface area (Å²) < 4.78 is 0. The van der Waals surface area contributed by atoms with E-state index in [-0.39, 0.29) is 0 Å². The molecule has 2 rings (SSSR count). The predicted octanol–water partition coefficient (Wildman–Crippen LogP) is 1.34. The van der Waals surface area contributed by atoms with Gasteiger partial charge in [-0.2, -0.15) is 0 Å². The Morgan fingerprint density at radius 1 is 1.00 bits per heavy atom. The second-order valence-electron chi connectivity index (χ2n) is 3.50. The van der Waals surface area contributed by atoms with Crippen LogP contribution >= 0.6 is 11.6 Å². The van der Waals surface area contributed by atoms with E-state index in [2.05, 4.69) is 17.0 Å². The Bertz CT molecular complexity index is 291. The first-order valence-corrected chi connectivity index (χ1v) is 5.14. The van der Waals surface area contributed by atoms with E-state index in [9.17, 15) is 0 Å². The van der Waals surface area contributed by atoms with Crippen LogP contribution in [0.25, 0.3) is 0 Å². The van der Waals surface area contributed by atoms with Gasteiger partial charge >= 0.3 is 0 Å². The van der Waals surface area contributed by atoms with Crippen molar-refractivity contribution in [3.8, 4) is 0 Å². The molecule has 0 unspecified atom stereocenters. The molecule has 2 N–H and O–H groups in total. The first kappa shape index (κ1) is 9.77. The van der Waals surface area contributed by atoms with Gasteiger partial charge in [-0.25, -0.2) is 5.01 Å². The number of hydrazine groups is 1. The molecular formula is C10H14ClN3. The van der Waals surface area contributed by atoms with E-state index < -0.39 is 0 Å². The number of anilines is 1. The van der Waals surface area contributed by atoms with Gasteiger partial charge in [-0.15, -0.1) is 0 Å². The van der Waals surface area contributed by atoms with Crippen molar-refractivity contribution in [2.75, 3.05) is 31.1 Å². The van der Waals surface area contributed by atoms with Crippen LogP contribution in [0.15, 0.2) is 24.3 Å². The zero-order valence-corrected chi connectivity index (χ0v) is 8.74. The summed E-state index contributed by atoms with van der Waals surface area (Å²) >= 11 is 5.83. The summed E-state index contributed by atoms with van der Waals surface area (Å²) in [4.78, 5) is 2.32. The highest BCUT2D eigenvalue weighted by Crippen LogP contribution is 2.18. The average Bonchev–Trinajstić information content (AvgIpc) is 2.21. The lowest BCUT2D eigenvalue weighted by Gasteiger charge is -2.33. The summed E-state index contributed by atoms with van der Waals surface area (Å²) in [5.41, 5.74) is 1.22. The smallest absolute Gasteiger partial charge is 0.0407 e. The van der Waals surface area contributed by atoms with Crippen LogP contribution in [-0.4, -0.2) is 31.2 Å². The van der Waals surface area contributed by atoms with Gasteiger partial charge in [0.25, 0.3) is 0 Å². The summed E-state index contributed by atoms with van der Waals surface area (Å²) in [6, 6.07) is 7.94. The van der Waals surface area contributed by atoms with Gasteiger partial charge in [0.1, 0.15) is 0 Å². The van der Waals surface area contributed by atoms with E-state index in [1.807, 2.05) is 17.1 Å². The molecule has 0 radical (unpaired) electrons. The Labute approximate surface area is 89.0 Å². The molecule has 76 valence electrons. The SMILES string of the molecule is NN1CCN(c2ccc(Cl)cc2)CC1. The third kappa shape index (κ3) is 2.18. The molecule has 0 spiro atoms. The summed E-state index contributed by atoms with van der Waals surface area (Å²) in [5, 5.41) is 2.64. The van der Waals surface area contributed by atoms with Crippen LogP contribution < -0.4 is 10.7 Å². The summed E-state index contributed by atoms with van der Waals surface area (Å²) in [5.74, 6) is 5.68. The standard InChI is InChI=1S/C10H14ClN3/c11-9-1-3-10(4-2-9)13-5-7-14(12)8-6-13/h1-4H,5-8,12H2. The average molecular weight is 212 g/mol. The molecule has 0 aliphatic carbocycles. The van der Waals surface area contributed by atoms with Crippen molar-refractivity contribution in [2.45, 2.75) is 0 Å². The third-order valence-electron chi connectivity index (χ3n) is 2.51. The number of hydrogen-bond donors (Lipinski definition) is 1. The zero-order chi connectivity index (χ0) is 9.97. The van der Waals surface area contributed by atoms with Crippen molar-refractivity contribution >= 4 is 17.3 Å². The van der Waals surface area contributed by atoms with Crippen LogP contribution in [0.2, 0.25) is 5.02 Å². The van der Waals surface area contributed by atoms with Gasteiger partial charge in [0.2, 0.25) is 0 Å². The highest BCUT2D eigenvalue weighted by Gasteiger charge is 2.13. The van der Waals surface area contributed by atoms with E-state index in [0.29, 0.717) is 0 Å². The molecule has 0 aromatic heterocycles. The quantitative estimate of drug-likeness (QED) is 0.712. The van der Waals surface area contributed by atoms with Gasteiger partial charge in [-0.05, 0) is 24.3 Å². The van der Waals surface area contributed by atoms with Crippen LogP contribution in [0.5, 0.6) is 0 Å². The van der Waals surface area contributed by atoms with Crippen LogP contribution in [0, 0.1) is 0 Å². The highest BCUT2D eigenvalue weighted by molar-refractivity contribution is 6.30. The molecule has 1 aromatic rings. The lowest BCUT2D eigenvalue weighted by molar-refractivity contribution is 0.266. The van der Waals surface area contributed by atoms with Crippen LogP contribution in [0.3, 0.4) is 0 Å². The second-order valence-corrected chi connectivity index (χ2v) is 3.94. The van der Waals surface area contributed by atoms with Gasteiger partial charge < -0.3 is 4.90 Å². The maximum absolute atomic E-state index is 5.83. The molecule has 1 aliphatic heterocycles. The molecule has 0 saturated carbocycles. The van der Waals surface area contributed by atoms with Crippen molar-refractivity contribution in [2.24, 2.45) is 5.84 Å². The minimum absolute atomic E-state index is 0.784. The third-order valence-corrected chi connectivity index (χ3v) is 2.76. The van der Waals surface area contributed by atoms with Crippen LogP contribution in [-0.2, 0) is 0 Å². The molecule has 1 heterocycles. The molecule has 1 saturated heterocycles. The fourth-order valence-electron chi connectivity index (χ4n) is 1.63. The summed E-state index contributed by atoms with van der Waals surface area (Å²) in [7, 11) is 0. The maximum Gasteiger partial charge on any atom is 0.0407 e. The topological polar surface area (TPSA) is 32.5 Å². The van der Waals surface area contributed by atoms with Crippen molar-refractivity contribution < 1.29 is 0 Å². The number of rotatable bonds is 1. The Balaban J connectivity index is 2.05. The minimum atomic E-state index is 0.784. The molecular weight excluding hydrogens is 198 g/mol. The Morgan fingerprint density at radius 2 is 1.57 bits per heavy atom. The Kier molecular flexibility index (Phi) is 2.91. The van der Waals surface area contributed by atoms with E-state index >= 15 is 0 Å². The van der Waals surface area contributed by atoms with Crippen molar-refractivity contribution in [1.29, 1.82) is 0 Å². The minimum Gasteiger partial charge on any atom is -0.369 e. The fraction of sp³-hybridized carbons (Fsp3) is 0.400. The lowest BCUT2D eigenvalue weighted by atomic mass is 10.2. The predicted molar refractivity (Wildman–Crippen MR) is 59.4 cm³/mol. The monoisotopic (exact) mass is 211 g/mol. The molecule has 14 heavy (non-hydrogen) atoms. The van der Waals surface area contributed by atoms with E-state index in [4.69, 9.17) is 17.4 Å². The Morgan fingerprint density at radius 3 is 2.14 bits per heavy atom. The maximum atomic E-state index is 5.83. The molecule has 1 aliphatic rings. The zero-order valence-electron chi connectivity index (χ0n) is 7.99. The highest BCUT2D eigenvalue weighted by atomic mass is 35.5. The molecule has 3 nitrogen and oxygen atoms in total. The molecule has 1 aromatic carbocycles. The number of nitrogens with zero attached hydrogens (tertiary/aromatic N) is 2. The Hall–Kier alpha value is -0.770. The lowest BCUT2D eigenvalue weighted by Crippen LogP contribution is -2.49. The van der Waals surface area contributed by atoms with Crippen molar-refractivity contribution in [3.63, 3.8) is 0 Å². The van der Waals surface area contributed by atoms with Gasteiger partial charge in [0.05, 0.1) is 0 Å². The summed E-state index contributed by atoms with van der Waals surface area (Å²) in [6.07, 6.45) is 0. The van der Waals surface area contributed by atoms with Gasteiger partial charge in [-0.1, -0.05) is 11.6 Å². The number of halogens is 1. The van der Waals surface area contributed by atoms with E-state index in [0.717, 1.165) is 31.2 Å². The van der Waals surface area contributed by atoms with E-state index in [1.54, 1.807) is 0 Å². The largest absolute Gasteiger partial charge is 0.369 e. The van der Waals surface area contributed by atoms with Crippen LogP contribution in [0.1, 0.15) is 0 Å². The summed E-state index contributed by atoms with van der Waals surface area (Å²) in [6.45, 7) is 3.81. The molecule has 0 atom stereocenters. The fourth-order valence-corrected chi connectivity index (χ4v) is 1.76. The molecule has 0 bridgehead atoms. The molecule has 0 amide bonds. The number of benzene rings is 1. The van der Waals surface area contributed by atoms with Gasteiger partial charge in [-0.3, -0.25) is 5.84 Å². The first-order valence-electron chi connectivity index (χ1n) is 4.76.